The van der Waals surface area contributed by atoms with Gasteiger partial charge >= 0.3 is 0 Å². The first-order valence-corrected chi connectivity index (χ1v) is 10.8. The highest BCUT2D eigenvalue weighted by Gasteiger charge is 2.17. The van der Waals surface area contributed by atoms with Crippen molar-refractivity contribution in [3.05, 3.63) is 83.9 Å². The van der Waals surface area contributed by atoms with Gasteiger partial charge in [0.25, 0.3) is 0 Å². The highest BCUT2D eigenvalue weighted by atomic mass is 35.5. The Hall–Kier alpha value is -3.29. The zero-order chi connectivity index (χ0) is 21.6. The van der Waals surface area contributed by atoms with Gasteiger partial charge in [0.05, 0.1) is 12.9 Å². The first-order chi connectivity index (χ1) is 15.1. The Balaban J connectivity index is 1.56. The van der Waals surface area contributed by atoms with E-state index >= 15 is 0 Å². The van der Waals surface area contributed by atoms with Crippen LogP contribution in [0.15, 0.2) is 84.0 Å². The predicted molar refractivity (Wildman–Crippen MR) is 124 cm³/mol. The second kappa shape index (κ2) is 9.68. The van der Waals surface area contributed by atoms with E-state index in [0.717, 1.165) is 11.3 Å². The molecule has 0 aliphatic rings. The van der Waals surface area contributed by atoms with Gasteiger partial charge in [0.1, 0.15) is 5.75 Å². The first-order valence-electron chi connectivity index (χ1n) is 9.47. The summed E-state index contributed by atoms with van der Waals surface area (Å²) in [7, 11) is 1.59. The number of carbonyl (C=O) groups is 1. The van der Waals surface area contributed by atoms with Crippen molar-refractivity contribution in [1.82, 2.24) is 14.8 Å². The molecule has 0 saturated heterocycles. The molecule has 0 fully saturated rings. The smallest absolute Gasteiger partial charge is 0.234 e. The van der Waals surface area contributed by atoms with E-state index in [0.29, 0.717) is 27.4 Å². The molecule has 0 spiro atoms. The molecule has 156 valence electrons. The second-order valence-corrected chi connectivity index (χ2v) is 7.93. The van der Waals surface area contributed by atoms with Gasteiger partial charge in [-0.3, -0.25) is 9.36 Å². The van der Waals surface area contributed by atoms with E-state index in [-0.39, 0.29) is 11.7 Å². The SMILES string of the molecule is COc1cccc(NC(=O)CSc2nnc(-c3ccc(Cl)cc3)n2-c2ccccc2)c1. The second-order valence-electron chi connectivity index (χ2n) is 6.55. The highest BCUT2D eigenvalue weighted by molar-refractivity contribution is 7.99. The van der Waals surface area contributed by atoms with Crippen LogP contribution in [0.1, 0.15) is 0 Å². The van der Waals surface area contributed by atoms with E-state index in [1.165, 1.54) is 11.8 Å². The molecule has 1 amide bonds. The van der Waals surface area contributed by atoms with Gasteiger partial charge in [-0.25, -0.2) is 0 Å². The fourth-order valence-corrected chi connectivity index (χ4v) is 3.87. The molecule has 0 bridgehead atoms. The van der Waals surface area contributed by atoms with Crippen LogP contribution in [-0.4, -0.2) is 33.5 Å². The van der Waals surface area contributed by atoms with Gasteiger partial charge in [-0.15, -0.1) is 10.2 Å². The van der Waals surface area contributed by atoms with Crippen LogP contribution >= 0.6 is 23.4 Å². The van der Waals surface area contributed by atoms with E-state index in [1.807, 2.05) is 77.4 Å². The molecule has 4 rings (SSSR count). The number of hydrogen-bond acceptors (Lipinski definition) is 5. The minimum atomic E-state index is -0.145. The average molecular weight is 451 g/mol. The summed E-state index contributed by atoms with van der Waals surface area (Å²) in [5, 5.41) is 12.9. The number of benzene rings is 3. The summed E-state index contributed by atoms with van der Waals surface area (Å²) in [6.07, 6.45) is 0. The number of ether oxygens (including phenoxy) is 1. The zero-order valence-corrected chi connectivity index (χ0v) is 18.2. The molecule has 1 aromatic heterocycles. The number of aromatic nitrogens is 3. The maximum atomic E-state index is 12.5. The van der Waals surface area contributed by atoms with Crippen LogP contribution in [0, 0.1) is 0 Å². The van der Waals surface area contributed by atoms with E-state index in [1.54, 1.807) is 13.2 Å². The number of nitrogens with zero attached hydrogens (tertiary/aromatic N) is 3. The summed E-state index contributed by atoms with van der Waals surface area (Å²) in [6, 6.07) is 24.5. The molecule has 3 aromatic carbocycles. The standard InChI is InChI=1S/C23H19ClN4O2S/c1-30-20-9-5-6-18(14-20)25-21(29)15-31-23-27-26-22(16-10-12-17(24)13-11-16)28(23)19-7-3-2-4-8-19/h2-14H,15H2,1H3,(H,25,29). The highest BCUT2D eigenvalue weighted by Crippen LogP contribution is 2.29. The number of methoxy groups -OCH3 is 1. The minimum Gasteiger partial charge on any atom is -0.497 e. The van der Waals surface area contributed by atoms with Gasteiger partial charge in [-0.05, 0) is 48.5 Å². The van der Waals surface area contributed by atoms with Crippen LogP contribution < -0.4 is 10.1 Å². The molecule has 31 heavy (non-hydrogen) atoms. The van der Waals surface area contributed by atoms with Gasteiger partial charge in [0.2, 0.25) is 5.91 Å². The zero-order valence-electron chi connectivity index (χ0n) is 16.7. The summed E-state index contributed by atoms with van der Waals surface area (Å²) in [6.45, 7) is 0. The lowest BCUT2D eigenvalue weighted by molar-refractivity contribution is -0.113. The number of nitrogens with one attached hydrogen (secondary N) is 1. The Morgan fingerprint density at radius 1 is 1.03 bits per heavy atom. The molecule has 1 N–H and O–H groups in total. The summed E-state index contributed by atoms with van der Waals surface area (Å²) in [4.78, 5) is 12.5. The van der Waals surface area contributed by atoms with Crippen molar-refractivity contribution in [3.8, 4) is 22.8 Å². The fourth-order valence-electron chi connectivity index (χ4n) is 2.99. The number of hydrogen-bond donors (Lipinski definition) is 1. The third-order valence-electron chi connectivity index (χ3n) is 4.44. The molecule has 0 aliphatic carbocycles. The summed E-state index contributed by atoms with van der Waals surface area (Å²) in [5.74, 6) is 1.40. The van der Waals surface area contributed by atoms with Crippen molar-refractivity contribution in [2.45, 2.75) is 5.16 Å². The summed E-state index contributed by atoms with van der Waals surface area (Å²) < 4.78 is 7.13. The van der Waals surface area contributed by atoms with Crippen LogP contribution in [0.3, 0.4) is 0 Å². The van der Waals surface area contributed by atoms with Crippen molar-refractivity contribution in [2.24, 2.45) is 0 Å². The summed E-state index contributed by atoms with van der Waals surface area (Å²) >= 11 is 7.35. The molecule has 0 saturated carbocycles. The molecular formula is C23H19ClN4O2S. The predicted octanol–water partition coefficient (Wildman–Crippen LogP) is 5.33. The van der Waals surface area contributed by atoms with Gasteiger partial charge < -0.3 is 10.1 Å². The Labute approximate surface area is 189 Å². The lowest BCUT2D eigenvalue weighted by Gasteiger charge is -2.11. The summed E-state index contributed by atoms with van der Waals surface area (Å²) in [5.41, 5.74) is 2.47. The van der Waals surface area contributed by atoms with Crippen molar-refractivity contribution in [1.29, 1.82) is 0 Å². The molecule has 0 aliphatic heterocycles. The molecule has 1 heterocycles. The van der Waals surface area contributed by atoms with Crippen molar-refractivity contribution >= 4 is 35.0 Å². The number of rotatable bonds is 7. The van der Waals surface area contributed by atoms with Crippen LogP contribution in [-0.2, 0) is 4.79 Å². The molecular weight excluding hydrogens is 432 g/mol. The van der Waals surface area contributed by atoms with E-state index in [9.17, 15) is 4.79 Å². The number of halogens is 1. The average Bonchev–Trinajstić information content (AvgIpc) is 3.23. The third kappa shape index (κ3) is 5.07. The fraction of sp³-hybridized carbons (Fsp3) is 0.0870. The Kier molecular flexibility index (Phi) is 6.54. The number of para-hydroxylation sites is 1. The number of amides is 1. The maximum Gasteiger partial charge on any atom is 0.234 e. The van der Waals surface area contributed by atoms with Gasteiger partial charge in [-0.2, -0.15) is 0 Å². The molecule has 4 aromatic rings. The molecule has 0 atom stereocenters. The van der Waals surface area contributed by atoms with Crippen LogP contribution in [0.5, 0.6) is 5.75 Å². The molecule has 0 unspecified atom stereocenters. The van der Waals surface area contributed by atoms with E-state index in [2.05, 4.69) is 15.5 Å². The van der Waals surface area contributed by atoms with Crippen LogP contribution in [0.4, 0.5) is 5.69 Å². The maximum absolute atomic E-state index is 12.5. The van der Waals surface area contributed by atoms with E-state index < -0.39 is 0 Å². The minimum absolute atomic E-state index is 0.145. The van der Waals surface area contributed by atoms with E-state index in [4.69, 9.17) is 16.3 Å². The molecule has 6 nitrogen and oxygen atoms in total. The van der Waals surface area contributed by atoms with Crippen LogP contribution in [0.25, 0.3) is 17.1 Å². The lowest BCUT2D eigenvalue weighted by atomic mass is 10.2. The topological polar surface area (TPSA) is 69.0 Å². The largest absolute Gasteiger partial charge is 0.497 e. The quantitative estimate of drug-likeness (QED) is 0.385. The third-order valence-corrected chi connectivity index (χ3v) is 5.62. The lowest BCUT2D eigenvalue weighted by Crippen LogP contribution is -2.14. The van der Waals surface area contributed by atoms with Gasteiger partial charge in [0.15, 0.2) is 11.0 Å². The Bertz CT molecular complexity index is 1180. The molecule has 0 radical (unpaired) electrons. The number of carbonyl (C=O) groups excluding carboxylic acids is 1. The number of anilines is 1. The monoisotopic (exact) mass is 450 g/mol. The van der Waals surface area contributed by atoms with Crippen molar-refractivity contribution in [3.63, 3.8) is 0 Å². The molecule has 8 heteroatoms. The number of thioether (sulfide) groups is 1. The Morgan fingerprint density at radius 3 is 2.55 bits per heavy atom. The van der Waals surface area contributed by atoms with Gasteiger partial charge in [0, 0.05) is 28.0 Å². The normalized spacial score (nSPS) is 10.6. The first kappa shape index (κ1) is 21.0. The van der Waals surface area contributed by atoms with Crippen molar-refractivity contribution < 1.29 is 9.53 Å². The van der Waals surface area contributed by atoms with Gasteiger partial charge in [-0.1, -0.05) is 47.6 Å². The van der Waals surface area contributed by atoms with Crippen molar-refractivity contribution in [2.75, 3.05) is 18.2 Å². The Morgan fingerprint density at radius 2 is 1.81 bits per heavy atom. The van der Waals surface area contributed by atoms with Crippen LogP contribution in [0.2, 0.25) is 5.02 Å².